The topological polar surface area (TPSA) is 29.9 Å². The van der Waals surface area contributed by atoms with Crippen LogP contribution in [0.5, 0.6) is 0 Å². The van der Waals surface area contributed by atoms with Gasteiger partial charge in [0.1, 0.15) is 0 Å². The highest BCUT2D eigenvalue weighted by Gasteiger charge is 2.20. The van der Waals surface area contributed by atoms with Crippen LogP contribution in [0.1, 0.15) is 55.0 Å². The van der Waals surface area contributed by atoms with Crippen molar-refractivity contribution in [3.63, 3.8) is 0 Å². The lowest BCUT2D eigenvalue weighted by Gasteiger charge is -2.23. The number of hydrogen-bond acceptors (Lipinski definition) is 2. The number of rotatable bonds is 3. The van der Waals surface area contributed by atoms with E-state index in [2.05, 4.69) is 47.8 Å². The van der Waals surface area contributed by atoms with Gasteiger partial charge >= 0.3 is 0 Å². The van der Waals surface area contributed by atoms with E-state index in [1.54, 1.807) is 0 Å². The van der Waals surface area contributed by atoms with Gasteiger partial charge in [-0.15, -0.1) is 0 Å². The zero-order valence-corrected chi connectivity index (χ0v) is 12.3. The minimum Gasteiger partial charge on any atom is -0.303 e. The molecule has 3 heteroatoms. The van der Waals surface area contributed by atoms with Gasteiger partial charge in [0.25, 0.3) is 0 Å². The molecule has 3 nitrogen and oxygen atoms in total. The van der Waals surface area contributed by atoms with Crippen LogP contribution in [0.4, 0.5) is 0 Å². The van der Waals surface area contributed by atoms with Crippen molar-refractivity contribution in [3.8, 4) is 0 Å². The van der Waals surface area contributed by atoms with Gasteiger partial charge in [-0.2, -0.15) is 5.10 Å². The summed E-state index contributed by atoms with van der Waals surface area (Å²) < 4.78 is 1.87. The van der Waals surface area contributed by atoms with Gasteiger partial charge in [0.2, 0.25) is 0 Å². The van der Waals surface area contributed by atoms with Gasteiger partial charge < -0.3 is 5.32 Å². The number of nitrogens with one attached hydrogen (secondary N) is 1. The first kappa shape index (κ1) is 13.4. The Hall–Kier alpha value is -1.61. The molecule has 0 spiro atoms. The third-order valence-corrected chi connectivity index (χ3v) is 4.30. The van der Waals surface area contributed by atoms with Crippen LogP contribution in [0, 0.1) is 0 Å². The Morgan fingerprint density at radius 3 is 2.95 bits per heavy atom. The molecule has 0 radical (unpaired) electrons. The van der Waals surface area contributed by atoms with Crippen molar-refractivity contribution in [2.45, 2.75) is 44.7 Å². The van der Waals surface area contributed by atoms with Gasteiger partial charge in [-0.05, 0) is 37.3 Å². The van der Waals surface area contributed by atoms with Crippen molar-refractivity contribution in [1.82, 2.24) is 15.1 Å². The lowest BCUT2D eigenvalue weighted by atomic mass is 9.98. The first-order valence-electron chi connectivity index (χ1n) is 7.56. The number of hydrogen-bond donors (Lipinski definition) is 1. The number of aryl methyl sites for hydroxylation is 2. The first-order valence-corrected chi connectivity index (χ1v) is 7.56. The van der Waals surface area contributed by atoms with E-state index in [0.717, 1.165) is 0 Å². The van der Waals surface area contributed by atoms with Crippen molar-refractivity contribution >= 4 is 0 Å². The zero-order valence-electron chi connectivity index (χ0n) is 12.3. The van der Waals surface area contributed by atoms with E-state index in [1.807, 2.05) is 17.9 Å². The Morgan fingerprint density at radius 1 is 1.30 bits per heavy atom. The van der Waals surface area contributed by atoms with Gasteiger partial charge in [-0.1, -0.05) is 30.7 Å². The molecule has 0 bridgehead atoms. The summed E-state index contributed by atoms with van der Waals surface area (Å²) in [5.74, 6) is 0. The molecule has 0 saturated carbocycles. The Morgan fingerprint density at radius 2 is 2.15 bits per heavy atom. The fourth-order valence-corrected chi connectivity index (χ4v) is 3.16. The number of fused-ring (bicyclic) bond motifs is 1. The van der Waals surface area contributed by atoms with Crippen LogP contribution in [-0.4, -0.2) is 9.78 Å². The fraction of sp³-hybridized carbons (Fsp3) is 0.471. The molecule has 20 heavy (non-hydrogen) atoms. The average molecular weight is 269 g/mol. The summed E-state index contributed by atoms with van der Waals surface area (Å²) in [6.07, 6.45) is 9.10. The van der Waals surface area contributed by atoms with E-state index in [1.165, 1.54) is 42.4 Å². The molecular formula is C17H23N3. The third-order valence-electron chi connectivity index (χ3n) is 4.30. The molecule has 0 fully saturated rings. The monoisotopic (exact) mass is 269 g/mol. The maximum Gasteiger partial charge on any atom is 0.0537 e. The molecule has 2 atom stereocenters. The average Bonchev–Trinajstić information content (AvgIpc) is 2.79. The standard InChI is InChI=1S/C17H23N3/c1-13(15-11-18-20(2)12-15)19-17-10-6-4-8-14-7-3-5-9-16(14)17/h3,5,7,9,11-13,17,19H,4,6,8,10H2,1-2H3. The Labute approximate surface area is 121 Å². The third kappa shape index (κ3) is 2.78. The Kier molecular flexibility index (Phi) is 3.88. The van der Waals surface area contributed by atoms with Crippen LogP contribution in [0.15, 0.2) is 36.7 Å². The van der Waals surface area contributed by atoms with Crippen LogP contribution in [-0.2, 0) is 13.5 Å². The summed E-state index contributed by atoms with van der Waals surface area (Å²) in [6, 6.07) is 9.68. The summed E-state index contributed by atoms with van der Waals surface area (Å²) in [7, 11) is 1.97. The lowest BCUT2D eigenvalue weighted by Crippen LogP contribution is -2.24. The van der Waals surface area contributed by atoms with Gasteiger partial charge in [0, 0.05) is 30.9 Å². The van der Waals surface area contributed by atoms with E-state index in [9.17, 15) is 0 Å². The molecule has 0 saturated heterocycles. The quantitative estimate of drug-likeness (QED) is 0.864. The Bertz CT molecular complexity index is 573. The number of benzene rings is 1. The van der Waals surface area contributed by atoms with Crippen LogP contribution < -0.4 is 5.32 Å². The van der Waals surface area contributed by atoms with Crippen molar-refractivity contribution in [2.24, 2.45) is 7.05 Å². The Balaban J connectivity index is 1.80. The largest absolute Gasteiger partial charge is 0.303 e. The van der Waals surface area contributed by atoms with E-state index >= 15 is 0 Å². The molecule has 2 unspecified atom stereocenters. The summed E-state index contributed by atoms with van der Waals surface area (Å²) >= 11 is 0. The highest BCUT2D eigenvalue weighted by Crippen LogP contribution is 2.30. The number of nitrogens with zero attached hydrogens (tertiary/aromatic N) is 2. The van der Waals surface area contributed by atoms with Crippen molar-refractivity contribution in [2.75, 3.05) is 0 Å². The minimum atomic E-state index is 0.333. The second-order valence-corrected chi connectivity index (χ2v) is 5.83. The molecule has 1 aliphatic rings. The van der Waals surface area contributed by atoms with E-state index in [0.29, 0.717) is 12.1 Å². The molecule has 2 aromatic rings. The smallest absolute Gasteiger partial charge is 0.0537 e. The molecular weight excluding hydrogens is 246 g/mol. The number of aromatic nitrogens is 2. The first-order chi connectivity index (χ1) is 9.74. The van der Waals surface area contributed by atoms with Crippen molar-refractivity contribution in [3.05, 3.63) is 53.3 Å². The zero-order chi connectivity index (χ0) is 13.9. The molecule has 0 amide bonds. The molecule has 3 rings (SSSR count). The second-order valence-electron chi connectivity index (χ2n) is 5.83. The molecule has 106 valence electrons. The van der Waals surface area contributed by atoms with Gasteiger partial charge in [-0.25, -0.2) is 0 Å². The maximum atomic E-state index is 4.27. The van der Waals surface area contributed by atoms with Crippen LogP contribution in [0.25, 0.3) is 0 Å². The normalized spacial score (nSPS) is 20.2. The molecule has 1 heterocycles. The predicted octanol–water partition coefficient (Wildman–Crippen LogP) is 3.54. The van der Waals surface area contributed by atoms with Crippen molar-refractivity contribution in [1.29, 1.82) is 0 Å². The summed E-state index contributed by atoms with van der Waals surface area (Å²) in [6.45, 7) is 2.23. The highest BCUT2D eigenvalue weighted by atomic mass is 15.2. The van der Waals surface area contributed by atoms with Gasteiger partial charge in [-0.3, -0.25) is 4.68 Å². The molecule has 1 aliphatic carbocycles. The maximum absolute atomic E-state index is 4.27. The summed E-state index contributed by atoms with van der Waals surface area (Å²) in [5, 5.41) is 8.06. The fourth-order valence-electron chi connectivity index (χ4n) is 3.16. The second kappa shape index (κ2) is 5.80. The van der Waals surface area contributed by atoms with Crippen LogP contribution in [0.3, 0.4) is 0 Å². The van der Waals surface area contributed by atoms with Crippen molar-refractivity contribution < 1.29 is 0 Å². The van der Waals surface area contributed by atoms with E-state index in [-0.39, 0.29) is 0 Å². The van der Waals surface area contributed by atoms with Crippen LogP contribution in [0.2, 0.25) is 0 Å². The molecule has 1 aromatic carbocycles. The van der Waals surface area contributed by atoms with E-state index < -0.39 is 0 Å². The van der Waals surface area contributed by atoms with Crippen LogP contribution >= 0.6 is 0 Å². The predicted molar refractivity (Wildman–Crippen MR) is 81.5 cm³/mol. The summed E-state index contributed by atoms with van der Waals surface area (Å²) in [5.41, 5.74) is 4.26. The molecule has 1 aromatic heterocycles. The van der Waals surface area contributed by atoms with Gasteiger partial charge in [0.15, 0.2) is 0 Å². The highest BCUT2D eigenvalue weighted by molar-refractivity contribution is 5.31. The van der Waals surface area contributed by atoms with E-state index in [4.69, 9.17) is 0 Å². The SMILES string of the molecule is CC(NC1CCCCc2ccccc21)c1cnn(C)c1. The lowest BCUT2D eigenvalue weighted by molar-refractivity contribution is 0.437. The minimum absolute atomic E-state index is 0.333. The summed E-state index contributed by atoms with van der Waals surface area (Å²) in [4.78, 5) is 0. The van der Waals surface area contributed by atoms with Gasteiger partial charge in [0.05, 0.1) is 6.20 Å². The molecule has 0 aliphatic heterocycles. The molecule has 1 N–H and O–H groups in total.